The van der Waals surface area contributed by atoms with Gasteiger partial charge in [0.05, 0.1) is 5.41 Å². The molecule has 0 aromatic rings. The zero-order chi connectivity index (χ0) is 27.9. The van der Waals surface area contributed by atoms with E-state index in [1.807, 2.05) is 0 Å². The van der Waals surface area contributed by atoms with Gasteiger partial charge < -0.3 is 4.74 Å². The number of carbonyl (C=O) groups is 1. The van der Waals surface area contributed by atoms with Crippen LogP contribution in [0.5, 0.6) is 0 Å². The van der Waals surface area contributed by atoms with Crippen LogP contribution in [-0.4, -0.2) is 12.1 Å². The Balaban J connectivity index is 1.01. The van der Waals surface area contributed by atoms with Crippen molar-refractivity contribution in [3.05, 3.63) is 11.6 Å². The Morgan fingerprint density at radius 3 is 2.27 bits per heavy atom. The van der Waals surface area contributed by atoms with E-state index in [0.717, 1.165) is 85.4 Å². The molecule has 8 aliphatic rings. The summed E-state index contributed by atoms with van der Waals surface area (Å²) >= 11 is 0. The lowest BCUT2D eigenvalue weighted by molar-refractivity contribution is -0.179. The minimum Gasteiger partial charge on any atom is -0.462 e. The summed E-state index contributed by atoms with van der Waals surface area (Å²) in [5, 5.41) is 0. The van der Waals surface area contributed by atoms with Crippen LogP contribution in [0.3, 0.4) is 0 Å². The molecule has 0 heterocycles. The van der Waals surface area contributed by atoms with E-state index >= 15 is 0 Å². The molecule has 7 fully saturated rings. The molecule has 0 spiro atoms. The average Bonchev–Trinajstić information content (AvgIpc) is 3.25. The monoisotopic (exact) mass is 548 g/mol. The van der Waals surface area contributed by atoms with Crippen LogP contribution in [0.2, 0.25) is 0 Å². The maximum absolute atomic E-state index is 13.7. The third kappa shape index (κ3) is 4.49. The van der Waals surface area contributed by atoms with Crippen molar-refractivity contribution in [3.63, 3.8) is 0 Å². The van der Waals surface area contributed by atoms with Gasteiger partial charge in [-0.25, -0.2) is 0 Å². The zero-order valence-corrected chi connectivity index (χ0v) is 26.7. The summed E-state index contributed by atoms with van der Waals surface area (Å²) in [7, 11) is 0. The largest absolute Gasteiger partial charge is 0.462 e. The summed E-state index contributed by atoms with van der Waals surface area (Å²) in [6.07, 6.45) is 25.1. The standard InChI is InChI=1S/C38H60O2/c1-24(2)7-6-8-25(3)32-11-12-33-31-10-9-29-20-30(13-15-36(29,4)34(31)14-16-37(32,33)5)40-35(39)38-21-26-17-27(22-38)19-28(18-26)23-38/h9,24-28,30-34H,6-8,10-23H2,1-5H3/t25-,26?,27?,28?,30+,31-,32+,33+,34-,36+,37-,38?/m1/s1. The summed E-state index contributed by atoms with van der Waals surface area (Å²) < 4.78 is 6.50. The van der Waals surface area contributed by atoms with E-state index in [1.54, 1.807) is 5.57 Å². The first-order chi connectivity index (χ1) is 19.1. The number of carbonyl (C=O) groups excluding carboxylic acids is 1. The maximum atomic E-state index is 13.7. The van der Waals surface area contributed by atoms with Crippen molar-refractivity contribution in [1.82, 2.24) is 0 Å². The minimum atomic E-state index is -0.111. The van der Waals surface area contributed by atoms with Gasteiger partial charge in [0.25, 0.3) is 0 Å². The van der Waals surface area contributed by atoms with Gasteiger partial charge in [0.15, 0.2) is 0 Å². The number of esters is 1. The first kappa shape index (κ1) is 28.0. The SMILES string of the molecule is CC(C)CCC[C@@H](C)[C@@H]1CC[C@H]2[C@H]3CC=C4C[C@@H](OC(=O)C56CC7CC(CC(C7)C5)C6)CC[C@]4(C)[C@@H]3CC[C@@]21C. The van der Waals surface area contributed by atoms with Crippen LogP contribution in [-0.2, 0) is 9.53 Å². The van der Waals surface area contributed by atoms with Crippen LogP contribution in [0, 0.1) is 69.5 Å². The van der Waals surface area contributed by atoms with Crippen molar-refractivity contribution in [3.8, 4) is 0 Å². The maximum Gasteiger partial charge on any atom is 0.312 e. The molecule has 7 saturated carbocycles. The fourth-order valence-electron chi connectivity index (χ4n) is 13.4. The highest BCUT2D eigenvalue weighted by Crippen LogP contribution is 2.68. The van der Waals surface area contributed by atoms with Gasteiger partial charge in [0.1, 0.15) is 6.10 Å². The number of hydrogen-bond donors (Lipinski definition) is 0. The highest BCUT2D eigenvalue weighted by molar-refractivity contribution is 5.77. The van der Waals surface area contributed by atoms with E-state index < -0.39 is 0 Å². The third-order valence-electron chi connectivity index (χ3n) is 15.0. The van der Waals surface area contributed by atoms with Crippen molar-refractivity contribution in [2.45, 2.75) is 150 Å². The molecule has 224 valence electrons. The second-order valence-corrected chi connectivity index (χ2v) is 17.8. The summed E-state index contributed by atoms with van der Waals surface area (Å²) in [6, 6.07) is 0. The molecule has 40 heavy (non-hydrogen) atoms. The second kappa shape index (κ2) is 10.1. The molecule has 0 N–H and O–H groups in total. The Bertz CT molecular complexity index is 972. The molecular weight excluding hydrogens is 488 g/mol. The number of ether oxygens (including phenoxy) is 1. The molecule has 0 unspecified atom stereocenters. The first-order valence-corrected chi connectivity index (χ1v) is 18.0. The molecule has 0 saturated heterocycles. The highest BCUT2D eigenvalue weighted by atomic mass is 16.5. The predicted molar refractivity (Wildman–Crippen MR) is 164 cm³/mol. The van der Waals surface area contributed by atoms with Gasteiger partial charge in [-0.1, -0.05) is 65.5 Å². The molecule has 8 atom stereocenters. The molecule has 0 aliphatic heterocycles. The van der Waals surface area contributed by atoms with Crippen LogP contribution < -0.4 is 0 Å². The molecular formula is C38H60O2. The topological polar surface area (TPSA) is 26.3 Å². The predicted octanol–water partition coefficient (Wildman–Crippen LogP) is 10.2. The average molecular weight is 549 g/mol. The van der Waals surface area contributed by atoms with Crippen molar-refractivity contribution >= 4 is 5.97 Å². The Kier molecular flexibility index (Phi) is 7.10. The van der Waals surface area contributed by atoms with Gasteiger partial charge in [0, 0.05) is 6.42 Å². The molecule has 0 aromatic heterocycles. The van der Waals surface area contributed by atoms with Gasteiger partial charge in [-0.2, -0.15) is 0 Å². The van der Waals surface area contributed by atoms with Crippen LogP contribution >= 0.6 is 0 Å². The summed E-state index contributed by atoms with van der Waals surface area (Å²) in [6.45, 7) is 12.7. The Morgan fingerprint density at radius 1 is 0.900 bits per heavy atom. The van der Waals surface area contributed by atoms with Gasteiger partial charge in [-0.05, 0) is 148 Å². The van der Waals surface area contributed by atoms with Gasteiger partial charge in [-0.15, -0.1) is 0 Å². The van der Waals surface area contributed by atoms with Crippen LogP contribution in [0.25, 0.3) is 0 Å². The van der Waals surface area contributed by atoms with E-state index in [-0.39, 0.29) is 17.5 Å². The third-order valence-corrected chi connectivity index (χ3v) is 15.0. The second-order valence-electron chi connectivity index (χ2n) is 17.8. The van der Waals surface area contributed by atoms with Crippen LogP contribution in [0.1, 0.15) is 144 Å². The van der Waals surface area contributed by atoms with Gasteiger partial charge in [0.2, 0.25) is 0 Å². The van der Waals surface area contributed by atoms with Crippen molar-refractivity contribution in [2.75, 3.05) is 0 Å². The molecule has 8 aliphatic carbocycles. The summed E-state index contributed by atoms with van der Waals surface area (Å²) in [5.41, 5.74) is 2.46. The number of rotatable bonds is 7. The van der Waals surface area contributed by atoms with E-state index in [4.69, 9.17) is 4.74 Å². The summed E-state index contributed by atoms with van der Waals surface area (Å²) in [4.78, 5) is 13.7. The Morgan fingerprint density at radius 2 is 1.60 bits per heavy atom. The Labute approximate surface area is 246 Å². The molecule has 0 radical (unpaired) electrons. The lowest BCUT2D eigenvalue weighted by atomic mass is 9.47. The number of fused-ring (bicyclic) bond motifs is 5. The fraction of sp³-hybridized carbons (Fsp3) is 0.921. The number of hydrogen-bond acceptors (Lipinski definition) is 2. The van der Waals surface area contributed by atoms with E-state index in [0.29, 0.717) is 10.8 Å². The van der Waals surface area contributed by atoms with Crippen LogP contribution in [0.15, 0.2) is 11.6 Å². The highest BCUT2D eigenvalue weighted by Gasteiger charge is 2.60. The quantitative estimate of drug-likeness (QED) is 0.234. The first-order valence-electron chi connectivity index (χ1n) is 18.0. The lowest BCUT2D eigenvalue weighted by Crippen LogP contribution is -2.52. The summed E-state index contributed by atoms with van der Waals surface area (Å²) in [5.74, 6) is 7.94. The minimum absolute atomic E-state index is 0.111. The van der Waals surface area contributed by atoms with E-state index in [1.165, 1.54) is 77.0 Å². The number of allylic oxidation sites excluding steroid dienone is 1. The lowest BCUT2D eigenvalue weighted by Gasteiger charge is -2.58. The normalized spacial score (nSPS) is 49.7. The molecule has 4 bridgehead atoms. The van der Waals surface area contributed by atoms with E-state index in [9.17, 15) is 4.79 Å². The van der Waals surface area contributed by atoms with Crippen LogP contribution in [0.4, 0.5) is 0 Å². The van der Waals surface area contributed by atoms with Gasteiger partial charge in [-0.3, -0.25) is 4.79 Å². The van der Waals surface area contributed by atoms with Crippen molar-refractivity contribution in [1.29, 1.82) is 0 Å². The molecule has 2 nitrogen and oxygen atoms in total. The molecule has 2 heteroatoms. The van der Waals surface area contributed by atoms with Crippen molar-refractivity contribution in [2.24, 2.45) is 69.5 Å². The zero-order valence-electron chi connectivity index (χ0n) is 26.7. The van der Waals surface area contributed by atoms with Gasteiger partial charge >= 0.3 is 5.97 Å². The Hall–Kier alpha value is -0.790. The molecule has 0 aromatic carbocycles. The molecule has 8 rings (SSSR count). The van der Waals surface area contributed by atoms with E-state index in [2.05, 4.69) is 40.7 Å². The fourth-order valence-corrected chi connectivity index (χ4v) is 13.4. The molecule has 0 amide bonds. The smallest absolute Gasteiger partial charge is 0.312 e. The van der Waals surface area contributed by atoms with Crippen molar-refractivity contribution < 1.29 is 9.53 Å².